The van der Waals surface area contributed by atoms with Gasteiger partial charge in [0.1, 0.15) is 24.1 Å². The summed E-state index contributed by atoms with van der Waals surface area (Å²) in [7, 11) is 0. The van der Waals surface area contributed by atoms with Gasteiger partial charge < -0.3 is 31.0 Å². The Hall–Kier alpha value is -3.69. The van der Waals surface area contributed by atoms with Gasteiger partial charge in [-0.2, -0.15) is 0 Å². The maximum absolute atomic E-state index is 13.3. The standard InChI is InChI=1S/C27H37N5O5/c1-15(2)11-21(25(35)29-19(14-33)12-18-9-10-28-24(18)34)31-27(37)23(16(3)4)32-26(36)22-13-17-7-5-6-8-20(17)30-22/h5-8,13-16,18-19,21,23,30H,9-12H2,1-4H3,(H,28,34)(H,29,35)(H,31,37)(H,32,36)/t18-,19-,21-,23-/m0/s1. The lowest BCUT2D eigenvalue weighted by Crippen LogP contribution is -2.56. The van der Waals surface area contributed by atoms with Crippen LogP contribution in [-0.4, -0.2) is 59.6 Å². The van der Waals surface area contributed by atoms with Crippen LogP contribution in [-0.2, 0) is 19.2 Å². The monoisotopic (exact) mass is 511 g/mol. The topological polar surface area (TPSA) is 149 Å². The molecule has 2 aromatic rings. The number of H-pyrrole nitrogens is 1. The minimum atomic E-state index is -0.904. The van der Waals surface area contributed by atoms with Crippen LogP contribution in [0.15, 0.2) is 30.3 Å². The third-order valence-electron chi connectivity index (χ3n) is 6.54. The van der Waals surface area contributed by atoms with Crippen LogP contribution in [0.1, 0.15) is 57.4 Å². The van der Waals surface area contributed by atoms with Gasteiger partial charge in [-0.15, -0.1) is 0 Å². The zero-order valence-corrected chi connectivity index (χ0v) is 21.8. The van der Waals surface area contributed by atoms with Crippen LogP contribution in [0.3, 0.4) is 0 Å². The molecule has 1 fully saturated rings. The van der Waals surface area contributed by atoms with E-state index in [1.54, 1.807) is 6.07 Å². The summed E-state index contributed by atoms with van der Waals surface area (Å²) in [4.78, 5) is 65.9. The number of para-hydroxylation sites is 1. The lowest BCUT2D eigenvalue weighted by molar-refractivity contribution is -0.132. The highest BCUT2D eigenvalue weighted by Crippen LogP contribution is 2.17. The quantitative estimate of drug-likeness (QED) is 0.275. The average molecular weight is 512 g/mol. The van der Waals surface area contributed by atoms with Gasteiger partial charge in [0.15, 0.2) is 0 Å². The van der Waals surface area contributed by atoms with Gasteiger partial charge in [0.25, 0.3) is 5.91 Å². The number of aromatic nitrogens is 1. The summed E-state index contributed by atoms with van der Waals surface area (Å²) in [6, 6.07) is 6.58. The molecule has 10 nitrogen and oxygen atoms in total. The Bertz CT molecular complexity index is 1110. The molecule has 37 heavy (non-hydrogen) atoms. The van der Waals surface area contributed by atoms with Gasteiger partial charge in [0.2, 0.25) is 17.7 Å². The Morgan fingerprint density at radius 2 is 1.78 bits per heavy atom. The fourth-order valence-corrected chi connectivity index (χ4v) is 4.52. The fourth-order valence-electron chi connectivity index (χ4n) is 4.52. The van der Waals surface area contributed by atoms with Gasteiger partial charge in [-0.3, -0.25) is 19.2 Å². The number of carbonyl (C=O) groups is 5. The van der Waals surface area contributed by atoms with Crippen molar-refractivity contribution in [1.82, 2.24) is 26.3 Å². The highest BCUT2D eigenvalue weighted by atomic mass is 16.2. The number of hydrogen-bond acceptors (Lipinski definition) is 5. The molecule has 0 unspecified atom stereocenters. The van der Waals surface area contributed by atoms with Crippen LogP contribution in [0, 0.1) is 17.8 Å². The van der Waals surface area contributed by atoms with E-state index in [0.717, 1.165) is 10.9 Å². The van der Waals surface area contributed by atoms with Crippen molar-refractivity contribution in [1.29, 1.82) is 0 Å². The first-order chi connectivity index (χ1) is 17.6. The van der Waals surface area contributed by atoms with Crippen molar-refractivity contribution in [2.24, 2.45) is 17.8 Å². The van der Waals surface area contributed by atoms with E-state index in [1.165, 1.54) is 0 Å². The lowest BCUT2D eigenvalue weighted by atomic mass is 9.97. The molecule has 1 aliphatic rings. The molecule has 1 aliphatic heterocycles. The lowest BCUT2D eigenvalue weighted by Gasteiger charge is -2.27. The summed E-state index contributed by atoms with van der Waals surface area (Å²) >= 11 is 0. The van der Waals surface area contributed by atoms with E-state index >= 15 is 0 Å². The van der Waals surface area contributed by atoms with Crippen LogP contribution in [0.4, 0.5) is 0 Å². The second-order valence-corrected chi connectivity index (χ2v) is 10.4. The predicted molar refractivity (Wildman–Crippen MR) is 140 cm³/mol. The van der Waals surface area contributed by atoms with Crippen molar-refractivity contribution in [2.45, 2.75) is 65.1 Å². The molecule has 10 heteroatoms. The summed E-state index contributed by atoms with van der Waals surface area (Å²) in [6.07, 6.45) is 1.78. The van der Waals surface area contributed by atoms with Crippen molar-refractivity contribution < 1.29 is 24.0 Å². The molecule has 0 aliphatic carbocycles. The molecule has 0 radical (unpaired) electrons. The Balaban J connectivity index is 1.67. The molecule has 200 valence electrons. The van der Waals surface area contributed by atoms with E-state index in [1.807, 2.05) is 52.0 Å². The van der Waals surface area contributed by atoms with Crippen LogP contribution in [0.2, 0.25) is 0 Å². The third-order valence-corrected chi connectivity index (χ3v) is 6.54. The summed E-state index contributed by atoms with van der Waals surface area (Å²) in [6.45, 7) is 8.01. The number of amides is 4. The molecular formula is C27H37N5O5. The SMILES string of the molecule is CC(C)C[C@H](NC(=O)[C@@H](NC(=O)c1cc2ccccc2[nH]1)C(C)C)C(=O)N[C@H](C=O)C[C@@H]1CCNC1=O. The van der Waals surface area contributed by atoms with Crippen molar-refractivity contribution in [3.8, 4) is 0 Å². The van der Waals surface area contributed by atoms with Gasteiger partial charge in [0, 0.05) is 23.4 Å². The van der Waals surface area contributed by atoms with Crippen molar-refractivity contribution >= 4 is 40.8 Å². The van der Waals surface area contributed by atoms with Gasteiger partial charge in [-0.05, 0) is 43.2 Å². The van der Waals surface area contributed by atoms with Crippen LogP contribution < -0.4 is 21.3 Å². The molecule has 2 heterocycles. The first-order valence-corrected chi connectivity index (χ1v) is 12.8. The number of hydrogen-bond donors (Lipinski definition) is 5. The number of fused-ring (bicyclic) bond motifs is 1. The maximum Gasteiger partial charge on any atom is 0.268 e. The number of nitrogens with one attached hydrogen (secondary N) is 5. The van der Waals surface area contributed by atoms with E-state index in [-0.39, 0.29) is 30.1 Å². The third kappa shape index (κ3) is 7.41. The number of aromatic amines is 1. The first-order valence-electron chi connectivity index (χ1n) is 12.8. The first kappa shape index (κ1) is 27.9. The van der Waals surface area contributed by atoms with E-state index in [2.05, 4.69) is 26.3 Å². The minimum absolute atomic E-state index is 0.0739. The van der Waals surface area contributed by atoms with E-state index in [0.29, 0.717) is 31.4 Å². The second kappa shape index (κ2) is 12.5. The highest BCUT2D eigenvalue weighted by Gasteiger charge is 2.32. The largest absolute Gasteiger partial charge is 0.356 e. The number of aldehydes is 1. The Morgan fingerprint density at radius 1 is 1.05 bits per heavy atom. The van der Waals surface area contributed by atoms with Gasteiger partial charge in [-0.25, -0.2) is 0 Å². The number of benzene rings is 1. The highest BCUT2D eigenvalue weighted by molar-refractivity contribution is 6.00. The molecule has 0 saturated carbocycles. The molecule has 4 amide bonds. The van der Waals surface area contributed by atoms with Crippen LogP contribution >= 0.6 is 0 Å². The van der Waals surface area contributed by atoms with Gasteiger partial charge in [0.05, 0.1) is 6.04 Å². The predicted octanol–water partition coefficient (Wildman–Crippen LogP) is 1.66. The molecule has 1 aromatic heterocycles. The van der Waals surface area contributed by atoms with E-state index in [9.17, 15) is 24.0 Å². The normalized spacial score (nSPS) is 17.8. The fraction of sp³-hybridized carbons (Fsp3) is 0.519. The van der Waals surface area contributed by atoms with Crippen molar-refractivity contribution in [2.75, 3.05) is 6.54 Å². The van der Waals surface area contributed by atoms with Crippen LogP contribution in [0.25, 0.3) is 10.9 Å². The van der Waals surface area contributed by atoms with Crippen LogP contribution in [0.5, 0.6) is 0 Å². The van der Waals surface area contributed by atoms with E-state index in [4.69, 9.17) is 0 Å². The van der Waals surface area contributed by atoms with E-state index < -0.39 is 35.8 Å². The molecule has 0 spiro atoms. The molecule has 1 aromatic carbocycles. The smallest absolute Gasteiger partial charge is 0.268 e. The Morgan fingerprint density at radius 3 is 2.38 bits per heavy atom. The molecule has 5 N–H and O–H groups in total. The van der Waals surface area contributed by atoms with Gasteiger partial charge >= 0.3 is 0 Å². The number of carbonyl (C=O) groups excluding carboxylic acids is 5. The molecular weight excluding hydrogens is 474 g/mol. The van der Waals surface area contributed by atoms with Gasteiger partial charge in [-0.1, -0.05) is 45.9 Å². The molecule has 0 bridgehead atoms. The number of rotatable bonds is 12. The zero-order chi connectivity index (χ0) is 27.1. The zero-order valence-electron chi connectivity index (χ0n) is 21.8. The Labute approximate surface area is 216 Å². The van der Waals surface area contributed by atoms with Crippen molar-refractivity contribution in [3.63, 3.8) is 0 Å². The van der Waals surface area contributed by atoms with Crippen molar-refractivity contribution in [3.05, 3.63) is 36.0 Å². The minimum Gasteiger partial charge on any atom is -0.356 e. The summed E-state index contributed by atoms with van der Waals surface area (Å²) < 4.78 is 0. The second-order valence-electron chi connectivity index (χ2n) is 10.4. The molecule has 3 rings (SSSR count). The molecule has 4 atom stereocenters. The molecule has 1 saturated heterocycles. The summed E-state index contributed by atoms with van der Waals surface area (Å²) in [5.74, 6) is -2.05. The average Bonchev–Trinajstić information content (AvgIpc) is 3.46. The Kier molecular flexibility index (Phi) is 9.43. The summed E-state index contributed by atoms with van der Waals surface area (Å²) in [5.41, 5.74) is 1.15. The maximum atomic E-state index is 13.3. The summed E-state index contributed by atoms with van der Waals surface area (Å²) in [5, 5.41) is 11.8.